The van der Waals surface area contributed by atoms with Gasteiger partial charge in [-0.2, -0.15) is 0 Å². The summed E-state index contributed by atoms with van der Waals surface area (Å²) in [6, 6.07) is 1.42. The van der Waals surface area contributed by atoms with E-state index in [1.54, 1.807) is 0 Å². The van der Waals surface area contributed by atoms with E-state index in [-0.39, 0.29) is 0 Å². The third-order valence-electron chi connectivity index (χ3n) is 4.18. The molecule has 3 unspecified atom stereocenters. The molecule has 96 valence electrons. The molecule has 0 aromatic heterocycles. The molecule has 0 aliphatic heterocycles. The van der Waals surface area contributed by atoms with Gasteiger partial charge >= 0.3 is 0 Å². The number of nitrogens with one attached hydrogen (secondary N) is 1. The smallest absolute Gasteiger partial charge is 0.0107 e. The topological polar surface area (TPSA) is 15.3 Å². The molecule has 16 heavy (non-hydrogen) atoms. The largest absolute Gasteiger partial charge is 0.312 e. The second-order valence-corrected chi connectivity index (χ2v) is 6.03. The zero-order chi connectivity index (χ0) is 12.1. The minimum atomic E-state index is 0.658. The quantitative estimate of drug-likeness (QED) is 0.775. The van der Waals surface area contributed by atoms with Crippen molar-refractivity contribution in [3.05, 3.63) is 0 Å². The monoisotopic (exact) mass is 226 g/mol. The Hall–Kier alpha value is -0.0800. The first-order valence-electron chi connectivity index (χ1n) is 6.94. The third-order valence-corrected chi connectivity index (χ3v) is 4.18. The van der Waals surface area contributed by atoms with E-state index in [4.69, 9.17) is 0 Å². The predicted octanol–water partition coefficient (Wildman–Crippen LogP) is 2.74. The average molecular weight is 226 g/mol. The van der Waals surface area contributed by atoms with Crippen LogP contribution in [0.15, 0.2) is 0 Å². The molecule has 0 amide bonds. The van der Waals surface area contributed by atoms with Crippen LogP contribution in [0, 0.1) is 11.8 Å². The first-order valence-corrected chi connectivity index (χ1v) is 6.94. The lowest BCUT2D eigenvalue weighted by atomic mass is 9.80. The SMILES string of the molecule is CC1CCC(NCCN(C)C(C)C)C(C)C1. The van der Waals surface area contributed by atoms with Crippen molar-refractivity contribution < 1.29 is 0 Å². The fourth-order valence-electron chi connectivity index (χ4n) is 2.65. The molecule has 0 saturated heterocycles. The van der Waals surface area contributed by atoms with Crippen molar-refractivity contribution in [2.24, 2.45) is 11.8 Å². The molecule has 2 nitrogen and oxygen atoms in total. The summed E-state index contributed by atoms with van der Waals surface area (Å²) in [5.74, 6) is 1.79. The second kappa shape index (κ2) is 6.61. The van der Waals surface area contributed by atoms with E-state index in [2.05, 4.69) is 45.0 Å². The Labute approximate surface area is 102 Å². The first-order chi connectivity index (χ1) is 7.50. The maximum absolute atomic E-state index is 3.74. The molecule has 0 aromatic carbocycles. The molecule has 0 bridgehead atoms. The van der Waals surface area contributed by atoms with Crippen molar-refractivity contribution in [1.29, 1.82) is 0 Å². The lowest BCUT2D eigenvalue weighted by Crippen LogP contribution is -2.43. The Morgan fingerprint density at radius 1 is 1.25 bits per heavy atom. The molecule has 0 aromatic rings. The Morgan fingerprint density at radius 2 is 1.94 bits per heavy atom. The summed E-state index contributed by atoms with van der Waals surface area (Å²) in [6.45, 7) is 11.6. The zero-order valence-corrected chi connectivity index (χ0v) is 11.8. The number of nitrogens with zero attached hydrogens (tertiary/aromatic N) is 1. The summed E-state index contributed by atoms with van der Waals surface area (Å²) in [7, 11) is 2.21. The highest BCUT2D eigenvalue weighted by Crippen LogP contribution is 2.28. The van der Waals surface area contributed by atoms with Crippen molar-refractivity contribution in [3.63, 3.8) is 0 Å². The predicted molar refractivity (Wildman–Crippen MR) is 71.7 cm³/mol. The van der Waals surface area contributed by atoms with Gasteiger partial charge in [-0.3, -0.25) is 0 Å². The highest BCUT2D eigenvalue weighted by atomic mass is 15.1. The highest BCUT2D eigenvalue weighted by Gasteiger charge is 2.24. The molecule has 1 saturated carbocycles. The summed E-state index contributed by atoms with van der Waals surface area (Å²) in [4.78, 5) is 2.41. The molecule has 1 aliphatic carbocycles. The molecular formula is C14H30N2. The fraction of sp³-hybridized carbons (Fsp3) is 1.00. The van der Waals surface area contributed by atoms with Gasteiger partial charge in [0.2, 0.25) is 0 Å². The van der Waals surface area contributed by atoms with Crippen molar-refractivity contribution in [2.45, 2.75) is 59.0 Å². The lowest BCUT2D eigenvalue weighted by molar-refractivity contribution is 0.212. The molecule has 1 N–H and O–H groups in total. The van der Waals surface area contributed by atoms with Crippen LogP contribution in [0.2, 0.25) is 0 Å². The number of hydrogen-bond acceptors (Lipinski definition) is 2. The minimum absolute atomic E-state index is 0.658. The fourth-order valence-corrected chi connectivity index (χ4v) is 2.65. The van der Waals surface area contributed by atoms with Crippen LogP contribution < -0.4 is 5.32 Å². The average Bonchev–Trinajstić information content (AvgIpc) is 2.20. The van der Waals surface area contributed by atoms with E-state index in [0.29, 0.717) is 6.04 Å². The van der Waals surface area contributed by atoms with Crippen molar-refractivity contribution >= 4 is 0 Å². The lowest BCUT2D eigenvalue weighted by Gasteiger charge is -2.34. The number of rotatable bonds is 5. The molecular weight excluding hydrogens is 196 g/mol. The van der Waals surface area contributed by atoms with Crippen LogP contribution >= 0.6 is 0 Å². The van der Waals surface area contributed by atoms with Crippen LogP contribution in [0.5, 0.6) is 0 Å². The summed E-state index contributed by atoms with van der Waals surface area (Å²) >= 11 is 0. The van der Waals surface area contributed by atoms with Crippen LogP contribution in [0.1, 0.15) is 47.0 Å². The summed E-state index contributed by atoms with van der Waals surface area (Å²) < 4.78 is 0. The van der Waals surface area contributed by atoms with E-state index in [1.807, 2.05) is 0 Å². The zero-order valence-electron chi connectivity index (χ0n) is 11.8. The summed E-state index contributed by atoms with van der Waals surface area (Å²) in [6.07, 6.45) is 4.17. The molecule has 3 atom stereocenters. The van der Waals surface area contributed by atoms with Crippen LogP contribution in [-0.2, 0) is 0 Å². The Balaban J connectivity index is 2.17. The number of likely N-dealkylation sites (N-methyl/N-ethyl adjacent to an activating group) is 1. The normalized spacial score (nSPS) is 31.3. The third kappa shape index (κ3) is 4.42. The van der Waals surface area contributed by atoms with Crippen LogP contribution in [-0.4, -0.2) is 37.1 Å². The highest BCUT2D eigenvalue weighted by molar-refractivity contribution is 4.81. The van der Waals surface area contributed by atoms with E-state index >= 15 is 0 Å². The van der Waals surface area contributed by atoms with Crippen molar-refractivity contribution in [2.75, 3.05) is 20.1 Å². The van der Waals surface area contributed by atoms with Crippen LogP contribution in [0.4, 0.5) is 0 Å². The Bertz CT molecular complexity index is 191. The Morgan fingerprint density at radius 3 is 2.50 bits per heavy atom. The van der Waals surface area contributed by atoms with Gasteiger partial charge in [-0.25, -0.2) is 0 Å². The van der Waals surface area contributed by atoms with Crippen LogP contribution in [0.25, 0.3) is 0 Å². The summed E-state index contributed by atoms with van der Waals surface area (Å²) in [5.41, 5.74) is 0. The molecule has 0 spiro atoms. The van der Waals surface area contributed by atoms with Gasteiger partial charge in [-0.15, -0.1) is 0 Å². The molecule has 1 rings (SSSR count). The van der Waals surface area contributed by atoms with E-state index in [0.717, 1.165) is 31.0 Å². The molecule has 0 heterocycles. The van der Waals surface area contributed by atoms with Gasteiger partial charge in [0.25, 0.3) is 0 Å². The molecule has 1 fully saturated rings. The maximum atomic E-state index is 3.74. The standard InChI is InChI=1S/C14H30N2/c1-11(2)16(5)9-8-15-14-7-6-12(3)10-13(14)4/h11-15H,6-10H2,1-5H3. The van der Waals surface area contributed by atoms with E-state index < -0.39 is 0 Å². The molecule has 1 aliphatic rings. The molecule has 2 heteroatoms. The van der Waals surface area contributed by atoms with Gasteiger partial charge in [-0.1, -0.05) is 13.8 Å². The first kappa shape index (κ1) is 14.0. The van der Waals surface area contributed by atoms with Gasteiger partial charge < -0.3 is 10.2 Å². The van der Waals surface area contributed by atoms with E-state index in [1.165, 1.54) is 19.3 Å². The van der Waals surface area contributed by atoms with Gasteiger partial charge in [0.05, 0.1) is 0 Å². The summed E-state index contributed by atoms with van der Waals surface area (Å²) in [5, 5.41) is 3.74. The molecule has 0 radical (unpaired) electrons. The number of hydrogen-bond donors (Lipinski definition) is 1. The van der Waals surface area contributed by atoms with Gasteiger partial charge in [0.1, 0.15) is 0 Å². The van der Waals surface area contributed by atoms with Crippen molar-refractivity contribution in [3.8, 4) is 0 Å². The van der Waals surface area contributed by atoms with Crippen LogP contribution in [0.3, 0.4) is 0 Å². The van der Waals surface area contributed by atoms with Gasteiger partial charge in [0.15, 0.2) is 0 Å². The van der Waals surface area contributed by atoms with Crippen molar-refractivity contribution in [1.82, 2.24) is 10.2 Å². The second-order valence-electron chi connectivity index (χ2n) is 6.03. The van der Waals surface area contributed by atoms with Gasteiger partial charge in [-0.05, 0) is 52.0 Å². The maximum Gasteiger partial charge on any atom is 0.0107 e. The minimum Gasteiger partial charge on any atom is -0.312 e. The Kier molecular flexibility index (Phi) is 5.77. The van der Waals surface area contributed by atoms with E-state index in [9.17, 15) is 0 Å². The van der Waals surface area contributed by atoms with Gasteiger partial charge in [0, 0.05) is 25.2 Å².